The summed E-state index contributed by atoms with van der Waals surface area (Å²) in [7, 11) is 1.21. The third-order valence-corrected chi connectivity index (χ3v) is 13.5. The van der Waals surface area contributed by atoms with Crippen LogP contribution in [0, 0.1) is 0 Å². The fourth-order valence-corrected chi connectivity index (χ4v) is 11.4. The first-order chi connectivity index (χ1) is 23.7. The average molecular weight is 657 g/mol. The maximum absolute atomic E-state index is 5.56. The highest BCUT2D eigenvalue weighted by atomic mass is 32.2. The molecule has 1 unspecified atom stereocenters. The Balaban J connectivity index is 1.15. The molecular formula is C38H24N8S2. The van der Waals surface area contributed by atoms with Crippen LogP contribution >= 0.6 is 22.2 Å². The van der Waals surface area contributed by atoms with Crippen LogP contribution < -0.4 is 0 Å². The van der Waals surface area contributed by atoms with E-state index >= 15 is 0 Å². The van der Waals surface area contributed by atoms with E-state index in [1.54, 1.807) is 11.3 Å². The molecule has 0 spiro atoms. The van der Waals surface area contributed by atoms with Gasteiger partial charge in [0.05, 0.1) is 54.2 Å². The van der Waals surface area contributed by atoms with Gasteiger partial charge in [0.25, 0.3) is 0 Å². The highest BCUT2D eigenvalue weighted by Crippen LogP contribution is 2.59. The SMILES string of the molecule is Cn1c2cc3c(nc2n2c4ccccc4nc12)[SH](Cn1c2cc4sc5ccccc5c4nc2n2c4ccccc4nc12)c1ccccc1-3. The fourth-order valence-electron chi connectivity index (χ4n) is 7.82. The van der Waals surface area contributed by atoms with Crippen molar-refractivity contribution in [3.8, 4) is 11.1 Å². The number of hydrogen-bond acceptors (Lipinski definition) is 5. The molecule has 11 aromatic rings. The van der Waals surface area contributed by atoms with Gasteiger partial charge >= 0.3 is 0 Å². The number of imidazole rings is 4. The van der Waals surface area contributed by atoms with Crippen molar-refractivity contribution in [3.63, 3.8) is 0 Å². The molecule has 1 aliphatic heterocycles. The van der Waals surface area contributed by atoms with E-state index < -0.39 is 10.9 Å². The lowest BCUT2D eigenvalue weighted by Crippen LogP contribution is -2.01. The van der Waals surface area contributed by atoms with Gasteiger partial charge in [-0.15, -0.1) is 11.3 Å². The lowest BCUT2D eigenvalue weighted by molar-refractivity contribution is 0.937. The van der Waals surface area contributed by atoms with Gasteiger partial charge in [-0.05, 0) is 54.1 Å². The first-order valence-electron chi connectivity index (χ1n) is 15.9. The summed E-state index contributed by atoms with van der Waals surface area (Å²) in [6, 6.07) is 38.8. The molecule has 48 heavy (non-hydrogen) atoms. The molecule has 0 N–H and O–H groups in total. The Labute approximate surface area is 278 Å². The summed E-state index contributed by atoms with van der Waals surface area (Å²) < 4.78 is 11.5. The van der Waals surface area contributed by atoms with E-state index in [1.807, 2.05) is 6.07 Å². The molecule has 0 saturated heterocycles. The number of pyridine rings is 2. The summed E-state index contributed by atoms with van der Waals surface area (Å²) >= 11 is 1.80. The Bertz CT molecular complexity index is 3190. The fraction of sp³-hybridized carbons (Fsp3) is 0.0526. The van der Waals surface area contributed by atoms with Crippen molar-refractivity contribution < 1.29 is 0 Å². The van der Waals surface area contributed by atoms with E-state index in [9.17, 15) is 0 Å². The number of thiophene rings is 1. The molecule has 1 atom stereocenters. The molecule has 4 aromatic carbocycles. The summed E-state index contributed by atoms with van der Waals surface area (Å²) in [5.74, 6) is 2.56. The van der Waals surface area contributed by atoms with Crippen LogP contribution in [0.1, 0.15) is 0 Å². The molecule has 0 saturated carbocycles. The number of nitrogens with zero attached hydrogens (tertiary/aromatic N) is 8. The summed E-state index contributed by atoms with van der Waals surface area (Å²) in [6.07, 6.45) is 0. The smallest absolute Gasteiger partial charge is 0.217 e. The second-order valence-electron chi connectivity index (χ2n) is 12.5. The Morgan fingerprint density at radius 1 is 0.604 bits per heavy atom. The Hall–Kier alpha value is -5.71. The van der Waals surface area contributed by atoms with E-state index in [0.29, 0.717) is 0 Å². The number of para-hydroxylation sites is 4. The predicted molar refractivity (Wildman–Crippen MR) is 197 cm³/mol. The molecule has 0 aliphatic carbocycles. The molecule has 8 heterocycles. The minimum Gasteiger partial charge on any atom is -0.311 e. The van der Waals surface area contributed by atoms with Gasteiger partial charge in [-0.25, -0.2) is 19.9 Å². The maximum Gasteiger partial charge on any atom is 0.217 e. The standard InChI is InChI=1S/C38H24N8S2/c1-43-28-18-23-21-10-3-9-17-32(21)48(36(23)42-34(28)45-26-14-6-4-12-24(26)39-37(43)45)20-44-29-19-31-33(22-11-2-8-16-30(22)47-31)41-35(29)46-27-15-7-5-13-25(27)40-38(44)46/h2-19,48H,20H2,1H3. The van der Waals surface area contributed by atoms with Crippen molar-refractivity contribution in [3.05, 3.63) is 109 Å². The van der Waals surface area contributed by atoms with E-state index in [2.05, 4.69) is 128 Å². The van der Waals surface area contributed by atoms with Crippen molar-refractivity contribution >= 4 is 98.5 Å². The number of fused-ring (bicyclic) bond motifs is 16. The largest absolute Gasteiger partial charge is 0.311 e. The summed E-state index contributed by atoms with van der Waals surface area (Å²) in [5.41, 5.74) is 11.7. The van der Waals surface area contributed by atoms with Crippen LogP contribution in [-0.4, -0.2) is 37.9 Å². The Morgan fingerprint density at radius 2 is 1.29 bits per heavy atom. The van der Waals surface area contributed by atoms with Crippen molar-refractivity contribution in [2.75, 3.05) is 0 Å². The molecular weight excluding hydrogens is 633 g/mol. The molecule has 8 nitrogen and oxygen atoms in total. The van der Waals surface area contributed by atoms with Crippen LogP contribution in [0.3, 0.4) is 0 Å². The monoisotopic (exact) mass is 656 g/mol. The zero-order chi connectivity index (χ0) is 31.2. The molecule has 12 rings (SSSR count). The Kier molecular flexibility index (Phi) is 4.65. The number of aryl methyl sites for hydroxylation is 1. The predicted octanol–water partition coefficient (Wildman–Crippen LogP) is 8.95. The number of benzene rings is 4. The van der Waals surface area contributed by atoms with Crippen LogP contribution in [0.2, 0.25) is 0 Å². The van der Waals surface area contributed by atoms with Crippen LogP contribution in [0.4, 0.5) is 0 Å². The van der Waals surface area contributed by atoms with Crippen molar-refractivity contribution in [2.24, 2.45) is 7.05 Å². The lowest BCUT2D eigenvalue weighted by Gasteiger charge is -2.19. The quantitative estimate of drug-likeness (QED) is 0.189. The molecule has 0 bridgehead atoms. The second kappa shape index (κ2) is 8.80. The van der Waals surface area contributed by atoms with Gasteiger partial charge in [-0.3, -0.25) is 13.4 Å². The molecule has 10 heteroatoms. The third-order valence-electron chi connectivity index (χ3n) is 10.00. The first kappa shape index (κ1) is 25.4. The molecule has 0 radical (unpaired) electrons. The van der Waals surface area contributed by atoms with Crippen molar-refractivity contribution in [1.29, 1.82) is 0 Å². The van der Waals surface area contributed by atoms with Gasteiger partial charge in [0.15, 0.2) is 11.3 Å². The minimum atomic E-state index is -0.883. The van der Waals surface area contributed by atoms with Crippen molar-refractivity contribution in [1.82, 2.24) is 37.9 Å². The molecule has 228 valence electrons. The molecule has 0 fully saturated rings. The normalized spacial score (nSPS) is 15.4. The third kappa shape index (κ3) is 3.07. The van der Waals surface area contributed by atoms with Gasteiger partial charge in [-0.2, -0.15) is 10.9 Å². The number of rotatable bonds is 2. The molecule has 1 aliphatic rings. The van der Waals surface area contributed by atoms with E-state index in [4.69, 9.17) is 19.9 Å². The zero-order valence-corrected chi connectivity index (χ0v) is 27.2. The van der Waals surface area contributed by atoms with Crippen LogP contribution in [0.25, 0.3) is 87.4 Å². The van der Waals surface area contributed by atoms with Crippen molar-refractivity contribution in [2.45, 2.75) is 15.8 Å². The van der Waals surface area contributed by atoms with E-state index in [1.165, 1.54) is 30.8 Å². The van der Waals surface area contributed by atoms with Crippen LogP contribution in [0.15, 0.2) is 119 Å². The summed E-state index contributed by atoms with van der Waals surface area (Å²) in [6.45, 7) is 0. The maximum atomic E-state index is 5.56. The summed E-state index contributed by atoms with van der Waals surface area (Å²) in [5, 5.41) is 2.35. The summed E-state index contributed by atoms with van der Waals surface area (Å²) in [4.78, 5) is 22.5. The highest BCUT2D eigenvalue weighted by Gasteiger charge is 2.31. The highest BCUT2D eigenvalue weighted by molar-refractivity contribution is 8.16. The van der Waals surface area contributed by atoms with Gasteiger partial charge < -0.3 is 4.57 Å². The zero-order valence-electron chi connectivity index (χ0n) is 25.5. The number of hydrogen-bond donors (Lipinski definition) is 1. The van der Waals surface area contributed by atoms with Gasteiger partial charge in [0.1, 0.15) is 0 Å². The van der Waals surface area contributed by atoms with Crippen LogP contribution in [-0.2, 0) is 12.9 Å². The van der Waals surface area contributed by atoms with E-state index in [-0.39, 0.29) is 0 Å². The number of aromatic nitrogens is 8. The second-order valence-corrected chi connectivity index (χ2v) is 15.7. The van der Waals surface area contributed by atoms with Gasteiger partial charge in [0.2, 0.25) is 11.6 Å². The molecule has 7 aromatic heterocycles. The Morgan fingerprint density at radius 3 is 2.15 bits per heavy atom. The number of thiol groups is 1. The van der Waals surface area contributed by atoms with E-state index in [0.717, 1.165) is 72.4 Å². The van der Waals surface area contributed by atoms with Gasteiger partial charge in [-0.1, -0.05) is 60.7 Å². The lowest BCUT2D eigenvalue weighted by atomic mass is 10.1. The average Bonchev–Trinajstić information content (AvgIpc) is 3.94. The van der Waals surface area contributed by atoms with Gasteiger partial charge in [0, 0.05) is 27.6 Å². The first-order valence-corrected chi connectivity index (χ1v) is 18.3. The minimum absolute atomic E-state index is 0.743. The molecule has 0 amide bonds. The topological polar surface area (TPSA) is 70.2 Å². The van der Waals surface area contributed by atoms with Crippen LogP contribution in [0.5, 0.6) is 0 Å².